The molecule has 1 aliphatic carbocycles. The number of allylic oxidation sites excluding steroid dienone is 4. The molecule has 6 aromatic rings. The van der Waals surface area contributed by atoms with Crippen LogP contribution in [0.25, 0.3) is 54.9 Å². The van der Waals surface area contributed by atoms with Crippen molar-refractivity contribution in [3.63, 3.8) is 0 Å². The zero-order valence-electron chi connectivity index (χ0n) is 20.6. The Balaban J connectivity index is 1.28. The van der Waals surface area contributed by atoms with Crippen molar-refractivity contribution in [3.8, 4) is 22.3 Å². The summed E-state index contributed by atoms with van der Waals surface area (Å²) in [5, 5.41) is 5.15. The van der Waals surface area contributed by atoms with Gasteiger partial charge in [-0.2, -0.15) is 0 Å². The third kappa shape index (κ3) is 3.79. The summed E-state index contributed by atoms with van der Waals surface area (Å²) in [5.74, 6) is 0. The quantitative estimate of drug-likeness (QED) is 0.240. The molecule has 0 N–H and O–H groups in total. The van der Waals surface area contributed by atoms with E-state index in [1.807, 2.05) is 0 Å². The Kier molecular flexibility index (Phi) is 5.30. The van der Waals surface area contributed by atoms with Crippen molar-refractivity contribution >= 4 is 32.7 Å². The summed E-state index contributed by atoms with van der Waals surface area (Å²) in [5.41, 5.74) is 10.5. The molecule has 0 heteroatoms. The summed E-state index contributed by atoms with van der Waals surface area (Å²) >= 11 is 0. The average molecular weight is 471 g/mol. The van der Waals surface area contributed by atoms with Crippen LogP contribution in [0.1, 0.15) is 17.5 Å². The molecule has 0 saturated heterocycles. The van der Waals surface area contributed by atoms with Crippen molar-refractivity contribution in [2.75, 3.05) is 0 Å². The minimum absolute atomic E-state index is 0.920. The Morgan fingerprint density at radius 2 is 0.649 bits per heavy atom. The molecular formula is C37H26. The lowest BCUT2D eigenvalue weighted by molar-refractivity contribution is 1.42. The number of hydrogen-bond donors (Lipinski definition) is 0. The zero-order chi connectivity index (χ0) is 24.6. The molecule has 0 bridgehead atoms. The van der Waals surface area contributed by atoms with Gasteiger partial charge in [0, 0.05) is 0 Å². The maximum Gasteiger partial charge on any atom is -0.00134 e. The van der Waals surface area contributed by atoms with Gasteiger partial charge in [-0.25, -0.2) is 0 Å². The van der Waals surface area contributed by atoms with Crippen LogP contribution in [0.2, 0.25) is 0 Å². The third-order valence-corrected chi connectivity index (χ3v) is 7.57. The topological polar surface area (TPSA) is 0 Å². The maximum atomic E-state index is 2.32. The molecule has 37 heavy (non-hydrogen) atoms. The predicted octanol–water partition coefficient (Wildman–Crippen LogP) is 10.2. The van der Waals surface area contributed by atoms with E-state index < -0.39 is 0 Å². The molecule has 6 aromatic carbocycles. The minimum atomic E-state index is 0.920. The second kappa shape index (κ2) is 9.08. The lowest BCUT2D eigenvalue weighted by Crippen LogP contribution is -1.92. The second-order valence-electron chi connectivity index (χ2n) is 9.71. The van der Waals surface area contributed by atoms with Crippen molar-refractivity contribution in [1.29, 1.82) is 0 Å². The molecule has 0 aromatic heterocycles. The van der Waals surface area contributed by atoms with Gasteiger partial charge >= 0.3 is 0 Å². The fourth-order valence-electron chi connectivity index (χ4n) is 5.81. The highest BCUT2D eigenvalue weighted by Gasteiger charge is 2.19. The van der Waals surface area contributed by atoms with Crippen LogP contribution in [0.3, 0.4) is 0 Å². The summed E-state index contributed by atoms with van der Waals surface area (Å²) < 4.78 is 0. The Labute approximate surface area is 217 Å². The minimum Gasteiger partial charge on any atom is -0.0616 e. The standard InChI is InChI=1S/C37H26/c1-3-15-30-26(11-1)13-9-21-36(30)34-19-7-5-17-32(34)28-23-24-29(25-28)33-18-6-8-20-35(33)37-22-10-14-27-12-2-4-16-31(27)37/h1-24H,25H2. The molecule has 7 rings (SSSR count). The zero-order valence-corrected chi connectivity index (χ0v) is 20.6. The SMILES string of the molecule is C1=C(c2ccccc2-c2cccc3ccccc23)CC(c2ccccc2-c2cccc3ccccc23)=C1. The molecule has 1 aliphatic rings. The maximum absolute atomic E-state index is 2.32. The van der Waals surface area contributed by atoms with E-state index in [0.29, 0.717) is 0 Å². The number of rotatable bonds is 4. The summed E-state index contributed by atoms with van der Waals surface area (Å²) in [4.78, 5) is 0. The van der Waals surface area contributed by atoms with E-state index in [9.17, 15) is 0 Å². The van der Waals surface area contributed by atoms with E-state index in [0.717, 1.165) is 6.42 Å². The molecule has 0 heterocycles. The highest BCUT2D eigenvalue weighted by molar-refractivity contribution is 6.03. The van der Waals surface area contributed by atoms with Crippen LogP contribution in [0.4, 0.5) is 0 Å². The first-order chi connectivity index (χ1) is 18.4. The Morgan fingerprint density at radius 3 is 1.14 bits per heavy atom. The first-order valence-corrected chi connectivity index (χ1v) is 12.9. The second-order valence-corrected chi connectivity index (χ2v) is 9.71. The van der Waals surface area contributed by atoms with E-state index in [1.165, 1.54) is 66.1 Å². The van der Waals surface area contributed by atoms with E-state index in [4.69, 9.17) is 0 Å². The van der Waals surface area contributed by atoms with Gasteiger partial charge in [0.1, 0.15) is 0 Å². The molecule has 0 radical (unpaired) electrons. The highest BCUT2D eigenvalue weighted by Crippen LogP contribution is 2.42. The molecular weight excluding hydrogens is 444 g/mol. The fraction of sp³-hybridized carbons (Fsp3) is 0.0270. The van der Waals surface area contributed by atoms with Crippen LogP contribution in [0, 0.1) is 0 Å². The van der Waals surface area contributed by atoms with Crippen LogP contribution in [-0.2, 0) is 0 Å². The van der Waals surface area contributed by atoms with Crippen molar-refractivity contribution < 1.29 is 0 Å². The lowest BCUT2D eigenvalue weighted by atomic mass is 9.88. The van der Waals surface area contributed by atoms with Crippen molar-refractivity contribution in [1.82, 2.24) is 0 Å². The predicted molar refractivity (Wildman–Crippen MR) is 159 cm³/mol. The van der Waals surface area contributed by atoms with Gasteiger partial charge in [0.25, 0.3) is 0 Å². The molecule has 0 nitrogen and oxygen atoms in total. The fourth-order valence-corrected chi connectivity index (χ4v) is 5.81. The van der Waals surface area contributed by atoms with Crippen molar-refractivity contribution in [2.24, 2.45) is 0 Å². The van der Waals surface area contributed by atoms with Crippen molar-refractivity contribution in [2.45, 2.75) is 6.42 Å². The molecule has 0 spiro atoms. The third-order valence-electron chi connectivity index (χ3n) is 7.57. The monoisotopic (exact) mass is 470 g/mol. The van der Waals surface area contributed by atoms with Crippen LogP contribution in [0.5, 0.6) is 0 Å². The highest BCUT2D eigenvalue weighted by atomic mass is 14.2. The van der Waals surface area contributed by atoms with Crippen LogP contribution in [-0.4, -0.2) is 0 Å². The Hall–Kier alpha value is -4.68. The van der Waals surface area contributed by atoms with Crippen molar-refractivity contribution in [3.05, 3.63) is 157 Å². The van der Waals surface area contributed by atoms with Gasteiger partial charge in [0.15, 0.2) is 0 Å². The van der Waals surface area contributed by atoms with E-state index >= 15 is 0 Å². The molecule has 0 saturated carbocycles. The Morgan fingerprint density at radius 1 is 0.297 bits per heavy atom. The van der Waals surface area contributed by atoms with Crippen LogP contribution < -0.4 is 0 Å². The van der Waals surface area contributed by atoms with Gasteiger partial charge in [-0.3, -0.25) is 0 Å². The van der Waals surface area contributed by atoms with Gasteiger partial charge in [0.2, 0.25) is 0 Å². The van der Waals surface area contributed by atoms with Gasteiger partial charge < -0.3 is 0 Å². The largest absolute Gasteiger partial charge is 0.0616 e. The van der Waals surface area contributed by atoms with E-state index in [-0.39, 0.29) is 0 Å². The number of hydrogen-bond acceptors (Lipinski definition) is 0. The summed E-state index contributed by atoms with van der Waals surface area (Å²) in [7, 11) is 0. The van der Waals surface area contributed by atoms with Gasteiger partial charge in [-0.1, -0.05) is 146 Å². The van der Waals surface area contributed by atoms with E-state index in [1.54, 1.807) is 0 Å². The van der Waals surface area contributed by atoms with Gasteiger partial charge in [-0.15, -0.1) is 0 Å². The summed E-state index contributed by atoms with van der Waals surface area (Å²) in [6.07, 6.45) is 5.56. The Bertz CT molecular complexity index is 1700. The van der Waals surface area contributed by atoms with E-state index in [2.05, 4.69) is 146 Å². The van der Waals surface area contributed by atoms with Crippen LogP contribution >= 0.6 is 0 Å². The molecule has 174 valence electrons. The number of fused-ring (bicyclic) bond motifs is 2. The normalized spacial score (nSPS) is 13.1. The first kappa shape index (κ1) is 21.6. The van der Waals surface area contributed by atoms with Crippen LogP contribution in [0.15, 0.2) is 146 Å². The van der Waals surface area contributed by atoms with Gasteiger partial charge in [-0.05, 0) is 72.5 Å². The molecule has 0 unspecified atom stereocenters. The number of benzene rings is 6. The first-order valence-electron chi connectivity index (χ1n) is 12.9. The smallest absolute Gasteiger partial charge is 0.00134 e. The van der Waals surface area contributed by atoms with Gasteiger partial charge in [0.05, 0.1) is 0 Å². The lowest BCUT2D eigenvalue weighted by Gasteiger charge is -2.16. The molecule has 0 amide bonds. The molecule has 0 fully saturated rings. The summed E-state index contributed by atoms with van der Waals surface area (Å²) in [6.45, 7) is 0. The summed E-state index contributed by atoms with van der Waals surface area (Å²) in [6, 6.07) is 48.3. The molecule has 0 atom stereocenters. The molecule has 0 aliphatic heterocycles. The average Bonchev–Trinajstić information content (AvgIpc) is 3.47.